The van der Waals surface area contributed by atoms with E-state index >= 15 is 0 Å². The van der Waals surface area contributed by atoms with E-state index in [1.165, 1.54) is 12.2 Å². The highest BCUT2D eigenvalue weighted by atomic mass is 32.2. The molecule has 1 fully saturated rings. The Kier molecular flexibility index (Phi) is 4.47. The molecule has 4 nitrogen and oxygen atoms in total. The molecule has 1 aromatic carbocycles. The molecule has 100 valence electrons. The summed E-state index contributed by atoms with van der Waals surface area (Å²) in [6.45, 7) is 2.08. The highest BCUT2D eigenvalue weighted by Gasteiger charge is 2.16. The maximum Gasteiger partial charge on any atom is 0.162 e. The molecule has 18 heavy (non-hydrogen) atoms. The Morgan fingerprint density at radius 2 is 1.83 bits per heavy atom. The van der Waals surface area contributed by atoms with Crippen LogP contribution < -0.4 is 20.1 Å². The fourth-order valence-electron chi connectivity index (χ4n) is 2.14. The predicted octanol–water partition coefficient (Wildman–Crippen LogP) is 2.23. The predicted molar refractivity (Wildman–Crippen MR) is 78.1 cm³/mol. The van der Waals surface area contributed by atoms with Crippen molar-refractivity contribution in [2.45, 2.75) is 6.42 Å². The Balaban J connectivity index is 2.31. The number of benzene rings is 1. The van der Waals surface area contributed by atoms with E-state index in [1.807, 2.05) is 23.9 Å². The van der Waals surface area contributed by atoms with E-state index < -0.39 is 0 Å². The van der Waals surface area contributed by atoms with E-state index in [0.29, 0.717) is 5.75 Å². The van der Waals surface area contributed by atoms with Gasteiger partial charge in [0.2, 0.25) is 0 Å². The number of rotatable bonds is 3. The summed E-state index contributed by atoms with van der Waals surface area (Å²) in [7, 11) is 3.27. The van der Waals surface area contributed by atoms with Gasteiger partial charge in [0.25, 0.3) is 0 Å². The number of hydrogen-bond donors (Lipinski definition) is 1. The highest BCUT2D eigenvalue weighted by Crippen LogP contribution is 2.37. The molecule has 0 aromatic heterocycles. The summed E-state index contributed by atoms with van der Waals surface area (Å²) in [5.74, 6) is 3.79. The lowest BCUT2D eigenvalue weighted by Crippen LogP contribution is -2.26. The number of ether oxygens (including phenoxy) is 2. The zero-order chi connectivity index (χ0) is 13.0. The molecule has 1 heterocycles. The smallest absolute Gasteiger partial charge is 0.162 e. The first kappa shape index (κ1) is 13.2. The first-order chi connectivity index (χ1) is 8.76. The van der Waals surface area contributed by atoms with E-state index in [0.717, 1.165) is 36.0 Å². The van der Waals surface area contributed by atoms with E-state index in [1.54, 1.807) is 14.2 Å². The number of nitrogen functional groups attached to an aromatic ring is 1. The topological polar surface area (TPSA) is 47.7 Å². The third kappa shape index (κ3) is 2.77. The van der Waals surface area contributed by atoms with Crippen LogP contribution in [0.15, 0.2) is 12.1 Å². The zero-order valence-corrected chi connectivity index (χ0v) is 11.8. The third-order valence-electron chi connectivity index (χ3n) is 3.10. The summed E-state index contributed by atoms with van der Waals surface area (Å²) in [6.07, 6.45) is 1.19. The molecule has 0 amide bonds. The minimum Gasteiger partial charge on any atom is -0.493 e. The average molecular weight is 268 g/mol. The summed E-state index contributed by atoms with van der Waals surface area (Å²) in [5, 5.41) is 0. The van der Waals surface area contributed by atoms with Crippen molar-refractivity contribution in [3.8, 4) is 11.5 Å². The van der Waals surface area contributed by atoms with Gasteiger partial charge in [0.05, 0.1) is 25.6 Å². The van der Waals surface area contributed by atoms with Crippen molar-refractivity contribution in [1.29, 1.82) is 0 Å². The molecular weight excluding hydrogens is 248 g/mol. The number of hydrogen-bond acceptors (Lipinski definition) is 5. The lowest BCUT2D eigenvalue weighted by atomic mass is 10.2. The van der Waals surface area contributed by atoms with Crippen molar-refractivity contribution in [2.24, 2.45) is 0 Å². The lowest BCUT2D eigenvalue weighted by molar-refractivity contribution is 0.355. The van der Waals surface area contributed by atoms with Crippen molar-refractivity contribution in [3.05, 3.63) is 12.1 Å². The lowest BCUT2D eigenvalue weighted by Gasteiger charge is -2.25. The Morgan fingerprint density at radius 1 is 1.11 bits per heavy atom. The van der Waals surface area contributed by atoms with Gasteiger partial charge in [-0.25, -0.2) is 0 Å². The Labute approximate surface area is 112 Å². The summed E-state index contributed by atoms with van der Waals surface area (Å²) in [4.78, 5) is 2.33. The highest BCUT2D eigenvalue weighted by molar-refractivity contribution is 7.99. The van der Waals surface area contributed by atoms with Crippen LogP contribution in [0.25, 0.3) is 0 Å². The summed E-state index contributed by atoms with van der Waals surface area (Å²) < 4.78 is 10.6. The quantitative estimate of drug-likeness (QED) is 0.852. The summed E-state index contributed by atoms with van der Waals surface area (Å²) in [6, 6.07) is 3.82. The minimum atomic E-state index is 0.683. The summed E-state index contributed by atoms with van der Waals surface area (Å²) in [5.41, 5.74) is 7.92. The van der Waals surface area contributed by atoms with Crippen LogP contribution in [0.4, 0.5) is 11.4 Å². The van der Waals surface area contributed by atoms with Gasteiger partial charge in [0.1, 0.15) is 0 Å². The SMILES string of the molecule is COc1cc(N)c(N2CCCSCC2)cc1OC. The van der Waals surface area contributed by atoms with E-state index in [9.17, 15) is 0 Å². The molecule has 2 rings (SSSR count). The van der Waals surface area contributed by atoms with Crippen LogP contribution in [0.3, 0.4) is 0 Å². The number of nitrogens with two attached hydrogens (primary N) is 1. The van der Waals surface area contributed by atoms with Gasteiger partial charge in [0.15, 0.2) is 11.5 Å². The third-order valence-corrected chi connectivity index (χ3v) is 4.14. The van der Waals surface area contributed by atoms with Crippen LogP contribution in [0.2, 0.25) is 0 Å². The first-order valence-electron chi connectivity index (χ1n) is 6.10. The normalized spacial score (nSPS) is 16.2. The monoisotopic (exact) mass is 268 g/mol. The Hall–Kier alpha value is -1.23. The van der Waals surface area contributed by atoms with Crippen LogP contribution in [0.1, 0.15) is 6.42 Å². The Bertz CT molecular complexity index is 404. The molecule has 0 spiro atoms. The van der Waals surface area contributed by atoms with Gasteiger partial charge in [-0.3, -0.25) is 0 Å². The summed E-state index contributed by atoms with van der Waals surface area (Å²) >= 11 is 2.00. The largest absolute Gasteiger partial charge is 0.493 e. The van der Waals surface area contributed by atoms with Crippen molar-refractivity contribution in [1.82, 2.24) is 0 Å². The second kappa shape index (κ2) is 6.09. The van der Waals surface area contributed by atoms with E-state index in [-0.39, 0.29) is 0 Å². The van der Waals surface area contributed by atoms with Gasteiger partial charge in [-0.15, -0.1) is 0 Å². The van der Waals surface area contributed by atoms with Gasteiger partial charge < -0.3 is 20.1 Å². The fourth-order valence-corrected chi connectivity index (χ4v) is 3.03. The standard InChI is InChI=1S/C13H20N2O2S/c1-16-12-8-10(14)11(9-13(12)17-2)15-4-3-6-18-7-5-15/h8-9H,3-7,14H2,1-2H3. The van der Waals surface area contributed by atoms with Gasteiger partial charge in [-0.05, 0) is 12.2 Å². The molecule has 2 N–H and O–H groups in total. The van der Waals surface area contributed by atoms with Crippen molar-refractivity contribution >= 4 is 23.1 Å². The van der Waals surface area contributed by atoms with Gasteiger partial charge in [-0.1, -0.05) is 0 Å². The average Bonchev–Trinajstić information content (AvgIpc) is 2.67. The molecule has 0 aliphatic carbocycles. The zero-order valence-electron chi connectivity index (χ0n) is 10.9. The van der Waals surface area contributed by atoms with Gasteiger partial charge >= 0.3 is 0 Å². The molecule has 5 heteroatoms. The molecule has 1 aromatic rings. The fraction of sp³-hybridized carbons (Fsp3) is 0.538. The van der Waals surface area contributed by atoms with Crippen LogP contribution in [-0.4, -0.2) is 38.8 Å². The Morgan fingerprint density at radius 3 is 2.56 bits per heavy atom. The molecule has 0 saturated carbocycles. The van der Waals surface area contributed by atoms with Crippen molar-refractivity contribution in [2.75, 3.05) is 49.4 Å². The molecular formula is C13H20N2O2S. The van der Waals surface area contributed by atoms with Gasteiger partial charge in [0, 0.05) is 31.0 Å². The van der Waals surface area contributed by atoms with Gasteiger partial charge in [-0.2, -0.15) is 11.8 Å². The number of methoxy groups -OCH3 is 2. The molecule has 0 radical (unpaired) electrons. The second-order valence-electron chi connectivity index (χ2n) is 4.22. The van der Waals surface area contributed by atoms with Crippen LogP contribution in [0.5, 0.6) is 11.5 Å². The first-order valence-corrected chi connectivity index (χ1v) is 7.26. The second-order valence-corrected chi connectivity index (χ2v) is 5.44. The maximum absolute atomic E-state index is 6.12. The molecule has 1 aliphatic rings. The van der Waals surface area contributed by atoms with Crippen LogP contribution in [0, 0.1) is 0 Å². The molecule has 1 aliphatic heterocycles. The minimum absolute atomic E-state index is 0.683. The molecule has 0 unspecified atom stereocenters. The van der Waals surface area contributed by atoms with E-state index in [4.69, 9.17) is 15.2 Å². The molecule has 1 saturated heterocycles. The van der Waals surface area contributed by atoms with Crippen LogP contribution in [-0.2, 0) is 0 Å². The van der Waals surface area contributed by atoms with Crippen molar-refractivity contribution < 1.29 is 9.47 Å². The molecule has 0 atom stereocenters. The maximum atomic E-state index is 6.12. The van der Waals surface area contributed by atoms with Crippen molar-refractivity contribution in [3.63, 3.8) is 0 Å². The van der Waals surface area contributed by atoms with E-state index in [2.05, 4.69) is 4.90 Å². The van der Waals surface area contributed by atoms with Crippen LogP contribution >= 0.6 is 11.8 Å². The number of thioether (sulfide) groups is 1. The number of nitrogens with zero attached hydrogens (tertiary/aromatic N) is 1. The number of anilines is 2. The molecule has 0 bridgehead atoms.